The first-order chi connectivity index (χ1) is 4.90. The molecule has 0 fully saturated rings. The van der Waals surface area contributed by atoms with Crippen molar-refractivity contribution in [3.8, 4) is 0 Å². The van der Waals surface area contributed by atoms with Gasteiger partial charge < -0.3 is 0 Å². The van der Waals surface area contributed by atoms with Crippen molar-refractivity contribution in [2.75, 3.05) is 0 Å². The molecule has 1 aliphatic heterocycles. The third-order valence-electron chi connectivity index (χ3n) is 2.52. The third kappa shape index (κ3) is 1.01. The topological polar surface area (TPSA) is 0 Å². The van der Waals surface area contributed by atoms with Crippen molar-refractivity contribution in [3.05, 3.63) is 10.5 Å². The van der Waals surface area contributed by atoms with Gasteiger partial charge in [0.25, 0.3) is 0 Å². The highest BCUT2D eigenvalue weighted by molar-refractivity contribution is 8.03. The van der Waals surface area contributed by atoms with Gasteiger partial charge in [0, 0.05) is 5.25 Å². The van der Waals surface area contributed by atoms with Gasteiger partial charge in [-0.3, -0.25) is 0 Å². The second kappa shape index (κ2) is 2.61. The van der Waals surface area contributed by atoms with Crippen molar-refractivity contribution in [2.24, 2.45) is 0 Å². The van der Waals surface area contributed by atoms with Crippen LogP contribution in [0.5, 0.6) is 0 Å². The van der Waals surface area contributed by atoms with E-state index in [4.69, 9.17) is 0 Å². The predicted octanol–water partition coefficient (Wildman–Crippen LogP) is 3.34. The molecule has 0 amide bonds. The van der Waals surface area contributed by atoms with E-state index in [1.54, 1.807) is 10.5 Å². The highest BCUT2D eigenvalue weighted by atomic mass is 32.2. The van der Waals surface area contributed by atoms with E-state index in [9.17, 15) is 0 Å². The highest BCUT2D eigenvalue weighted by Gasteiger charge is 2.26. The molecule has 0 aromatic rings. The fourth-order valence-corrected chi connectivity index (χ4v) is 3.35. The Hall–Kier alpha value is 0.0900. The molecule has 2 rings (SSSR count). The lowest BCUT2D eigenvalue weighted by Crippen LogP contribution is -1.95. The summed E-state index contributed by atoms with van der Waals surface area (Å²) in [6.45, 7) is 2.31. The molecule has 0 radical (unpaired) electrons. The van der Waals surface area contributed by atoms with Gasteiger partial charge in [0.05, 0.1) is 0 Å². The van der Waals surface area contributed by atoms with Crippen LogP contribution in [-0.4, -0.2) is 5.25 Å². The smallest absolute Gasteiger partial charge is 0.0126 e. The Balaban J connectivity index is 2.03. The summed E-state index contributed by atoms with van der Waals surface area (Å²) in [6.07, 6.45) is 7.03. The van der Waals surface area contributed by atoms with E-state index in [1.807, 2.05) is 0 Å². The number of hydrogen-bond donors (Lipinski definition) is 0. The number of allylic oxidation sites excluding steroid dienone is 2. The maximum Gasteiger partial charge on any atom is 0.0126 e. The second-order valence-electron chi connectivity index (χ2n) is 3.23. The molecule has 10 heavy (non-hydrogen) atoms. The van der Waals surface area contributed by atoms with Crippen LogP contribution < -0.4 is 0 Å². The summed E-state index contributed by atoms with van der Waals surface area (Å²) in [5.74, 6) is 0. The van der Waals surface area contributed by atoms with Gasteiger partial charge in [-0.05, 0) is 37.0 Å². The lowest BCUT2D eigenvalue weighted by atomic mass is 10.1. The molecule has 1 unspecified atom stereocenters. The molecule has 2 aliphatic rings. The normalized spacial score (nSPS) is 31.5. The molecule has 0 nitrogen and oxygen atoms in total. The fourth-order valence-electron chi connectivity index (χ4n) is 1.88. The molecule has 0 N–H and O–H groups in total. The number of hydrogen-bond acceptors (Lipinski definition) is 1. The summed E-state index contributed by atoms with van der Waals surface area (Å²) < 4.78 is 0. The zero-order valence-electron chi connectivity index (χ0n) is 6.52. The molecule has 0 spiro atoms. The highest BCUT2D eigenvalue weighted by Crippen LogP contribution is 2.47. The summed E-state index contributed by atoms with van der Waals surface area (Å²) >= 11 is 2.16. The van der Waals surface area contributed by atoms with Crippen LogP contribution in [-0.2, 0) is 0 Å². The Labute approximate surface area is 67.1 Å². The van der Waals surface area contributed by atoms with Crippen molar-refractivity contribution < 1.29 is 0 Å². The number of thioether (sulfide) groups is 1. The van der Waals surface area contributed by atoms with Crippen molar-refractivity contribution in [3.63, 3.8) is 0 Å². The summed E-state index contributed by atoms with van der Waals surface area (Å²) in [6, 6.07) is 0. The van der Waals surface area contributed by atoms with Crippen LogP contribution in [0.25, 0.3) is 0 Å². The molecule has 1 aliphatic carbocycles. The maximum absolute atomic E-state index is 2.31. The van der Waals surface area contributed by atoms with Crippen LogP contribution in [0.15, 0.2) is 10.5 Å². The van der Waals surface area contributed by atoms with Gasteiger partial charge in [0.1, 0.15) is 0 Å². The Morgan fingerprint density at radius 1 is 1.50 bits per heavy atom. The average Bonchev–Trinajstić information content (AvgIpc) is 2.42. The van der Waals surface area contributed by atoms with Gasteiger partial charge in [-0.2, -0.15) is 0 Å². The zero-order valence-corrected chi connectivity index (χ0v) is 7.34. The molecule has 56 valence electrons. The van der Waals surface area contributed by atoms with Crippen LogP contribution in [0, 0.1) is 0 Å². The van der Waals surface area contributed by atoms with Gasteiger partial charge in [0.15, 0.2) is 0 Å². The lowest BCUT2D eigenvalue weighted by molar-refractivity contribution is 0.780. The summed E-state index contributed by atoms with van der Waals surface area (Å²) in [5, 5.41) is 0.949. The Morgan fingerprint density at radius 2 is 2.40 bits per heavy atom. The fraction of sp³-hybridized carbons (Fsp3) is 0.778. The molecule has 0 saturated carbocycles. The molecule has 0 bridgehead atoms. The van der Waals surface area contributed by atoms with E-state index in [0.717, 1.165) is 5.25 Å². The van der Waals surface area contributed by atoms with Gasteiger partial charge in [-0.15, -0.1) is 11.8 Å². The molecule has 1 atom stereocenters. The SMILES string of the molecule is CCC1CC2=C(CCC2)S1. The van der Waals surface area contributed by atoms with E-state index < -0.39 is 0 Å². The van der Waals surface area contributed by atoms with Crippen molar-refractivity contribution in [1.29, 1.82) is 0 Å². The minimum absolute atomic E-state index is 0.949. The Bertz CT molecular complexity index is 154. The maximum atomic E-state index is 2.31. The predicted molar refractivity (Wildman–Crippen MR) is 47.2 cm³/mol. The average molecular weight is 154 g/mol. The Morgan fingerprint density at radius 3 is 3.10 bits per heavy atom. The minimum atomic E-state index is 0.949. The monoisotopic (exact) mass is 154 g/mol. The van der Waals surface area contributed by atoms with Crippen LogP contribution in [0.2, 0.25) is 0 Å². The second-order valence-corrected chi connectivity index (χ2v) is 4.63. The first-order valence-electron chi connectivity index (χ1n) is 4.27. The quantitative estimate of drug-likeness (QED) is 0.558. The molecule has 1 heteroatoms. The summed E-state index contributed by atoms with van der Waals surface area (Å²) in [7, 11) is 0. The van der Waals surface area contributed by atoms with E-state index in [1.165, 1.54) is 32.1 Å². The van der Waals surface area contributed by atoms with Gasteiger partial charge in [0.2, 0.25) is 0 Å². The number of rotatable bonds is 1. The van der Waals surface area contributed by atoms with E-state index in [2.05, 4.69) is 18.7 Å². The largest absolute Gasteiger partial charge is 0.127 e. The molecule has 1 heterocycles. The van der Waals surface area contributed by atoms with Gasteiger partial charge in [-0.1, -0.05) is 12.5 Å². The van der Waals surface area contributed by atoms with Crippen LogP contribution >= 0.6 is 11.8 Å². The van der Waals surface area contributed by atoms with E-state index in [0.29, 0.717) is 0 Å². The first kappa shape index (κ1) is 6.78. The summed E-state index contributed by atoms with van der Waals surface area (Å²) in [4.78, 5) is 1.76. The molecular formula is C9H14S. The molecular weight excluding hydrogens is 140 g/mol. The zero-order chi connectivity index (χ0) is 6.97. The van der Waals surface area contributed by atoms with Crippen molar-refractivity contribution >= 4 is 11.8 Å². The lowest BCUT2D eigenvalue weighted by Gasteiger charge is -2.06. The van der Waals surface area contributed by atoms with Crippen LogP contribution in [0.3, 0.4) is 0 Å². The molecule has 0 aromatic carbocycles. The van der Waals surface area contributed by atoms with Crippen molar-refractivity contribution in [2.45, 2.75) is 44.3 Å². The third-order valence-corrected chi connectivity index (χ3v) is 4.13. The minimum Gasteiger partial charge on any atom is -0.127 e. The van der Waals surface area contributed by atoms with Crippen molar-refractivity contribution in [1.82, 2.24) is 0 Å². The van der Waals surface area contributed by atoms with Gasteiger partial charge >= 0.3 is 0 Å². The first-order valence-corrected chi connectivity index (χ1v) is 5.15. The van der Waals surface area contributed by atoms with Crippen LogP contribution in [0.1, 0.15) is 39.0 Å². The Kier molecular flexibility index (Phi) is 1.77. The molecule has 0 saturated heterocycles. The summed E-state index contributed by atoms with van der Waals surface area (Å²) in [5.41, 5.74) is 1.80. The van der Waals surface area contributed by atoms with E-state index >= 15 is 0 Å². The van der Waals surface area contributed by atoms with Gasteiger partial charge in [-0.25, -0.2) is 0 Å². The van der Waals surface area contributed by atoms with E-state index in [-0.39, 0.29) is 0 Å². The van der Waals surface area contributed by atoms with Crippen LogP contribution in [0.4, 0.5) is 0 Å². The molecule has 0 aromatic heterocycles. The standard InChI is InChI=1S/C9H14S/c1-2-8-6-7-4-3-5-9(7)10-8/h8H,2-6H2,1H3.